The van der Waals surface area contributed by atoms with Crippen LogP contribution in [0.25, 0.3) is 17.0 Å². The van der Waals surface area contributed by atoms with Crippen LogP contribution in [-0.4, -0.2) is 20.7 Å². The molecule has 128 valence electrons. The van der Waals surface area contributed by atoms with Gasteiger partial charge in [0.2, 0.25) is 0 Å². The number of aliphatic carboxylic acids is 1. The van der Waals surface area contributed by atoms with E-state index >= 15 is 0 Å². The van der Waals surface area contributed by atoms with Crippen molar-refractivity contribution in [2.75, 3.05) is 0 Å². The highest BCUT2D eigenvalue weighted by Gasteiger charge is 2.12. The summed E-state index contributed by atoms with van der Waals surface area (Å²) < 4.78 is 1.96. The molecule has 0 spiro atoms. The van der Waals surface area contributed by atoms with E-state index in [1.54, 1.807) is 18.2 Å². The van der Waals surface area contributed by atoms with E-state index in [1.165, 1.54) is 0 Å². The summed E-state index contributed by atoms with van der Waals surface area (Å²) in [7, 11) is 0. The molecule has 0 radical (unpaired) electrons. The lowest BCUT2D eigenvalue weighted by Crippen LogP contribution is -2.00. The number of halogens is 2. The molecule has 3 aromatic rings. The molecule has 2 N–H and O–H groups in total. The van der Waals surface area contributed by atoms with E-state index in [9.17, 15) is 9.90 Å². The second-order valence-electron chi connectivity index (χ2n) is 5.59. The number of nitrogens with zero attached hydrogens (tertiary/aromatic N) is 1. The van der Waals surface area contributed by atoms with Crippen molar-refractivity contribution in [2.24, 2.45) is 0 Å². The Labute approximate surface area is 154 Å². The summed E-state index contributed by atoms with van der Waals surface area (Å²) in [5.41, 5.74) is 3.25. The summed E-state index contributed by atoms with van der Waals surface area (Å²) in [6.07, 6.45) is 4.50. The molecule has 4 nitrogen and oxygen atoms in total. The summed E-state index contributed by atoms with van der Waals surface area (Å²) >= 11 is 12.2. The highest BCUT2D eigenvalue weighted by Crippen LogP contribution is 2.29. The number of fused-ring (bicyclic) bond motifs is 1. The second-order valence-corrected chi connectivity index (χ2v) is 6.43. The van der Waals surface area contributed by atoms with Gasteiger partial charge in [0.1, 0.15) is 0 Å². The van der Waals surface area contributed by atoms with E-state index < -0.39 is 5.97 Å². The number of benzene rings is 2. The van der Waals surface area contributed by atoms with Crippen LogP contribution < -0.4 is 0 Å². The summed E-state index contributed by atoms with van der Waals surface area (Å²) in [5.74, 6) is -1.02. The second kappa shape index (κ2) is 7.31. The first-order valence-corrected chi connectivity index (χ1v) is 8.31. The Bertz CT molecular complexity index is 976. The van der Waals surface area contributed by atoms with Crippen molar-refractivity contribution >= 4 is 46.2 Å². The molecule has 0 bridgehead atoms. The van der Waals surface area contributed by atoms with E-state index in [2.05, 4.69) is 0 Å². The Morgan fingerprint density at radius 1 is 1.16 bits per heavy atom. The number of aliphatic hydroxyl groups excluding tert-OH is 1. The standard InChI is InChI=1S/C19H15Cl2NO3/c20-15-6-4-13(17(21)8-15)9-22-10-14(11-23)16-3-1-2-12(19(16)22)5-7-18(24)25/h1-8,10,23H,9,11H2,(H,24,25). The minimum Gasteiger partial charge on any atom is -0.478 e. The van der Waals surface area contributed by atoms with Crippen molar-refractivity contribution in [2.45, 2.75) is 13.2 Å². The monoisotopic (exact) mass is 375 g/mol. The van der Waals surface area contributed by atoms with Crippen LogP contribution in [0.5, 0.6) is 0 Å². The molecular formula is C19H15Cl2NO3. The Hall–Kier alpha value is -2.27. The smallest absolute Gasteiger partial charge is 0.328 e. The maximum Gasteiger partial charge on any atom is 0.328 e. The Balaban J connectivity index is 2.15. The van der Waals surface area contributed by atoms with Gasteiger partial charge in [-0.1, -0.05) is 47.5 Å². The number of aromatic nitrogens is 1. The van der Waals surface area contributed by atoms with Crippen LogP contribution in [0.3, 0.4) is 0 Å². The van der Waals surface area contributed by atoms with Gasteiger partial charge in [-0.3, -0.25) is 0 Å². The molecule has 0 saturated heterocycles. The van der Waals surface area contributed by atoms with Crippen LogP contribution in [0, 0.1) is 0 Å². The van der Waals surface area contributed by atoms with E-state index in [0.29, 0.717) is 16.6 Å². The minimum absolute atomic E-state index is 0.107. The highest BCUT2D eigenvalue weighted by molar-refractivity contribution is 6.35. The van der Waals surface area contributed by atoms with Gasteiger partial charge in [0.05, 0.1) is 12.1 Å². The molecule has 0 aliphatic heterocycles. The van der Waals surface area contributed by atoms with Crippen LogP contribution in [0.4, 0.5) is 0 Å². The quantitative estimate of drug-likeness (QED) is 0.641. The van der Waals surface area contributed by atoms with Gasteiger partial charge in [0.15, 0.2) is 0 Å². The molecule has 0 aliphatic carbocycles. The third-order valence-electron chi connectivity index (χ3n) is 3.94. The lowest BCUT2D eigenvalue weighted by atomic mass is 10.1. The number of carboxylic acid groups (broad SMARTS) is 1. The maximum absolute atomic E-state index is 10.9. The minimum atomic E-state index is -1.02. The molecule has 0 unspecified atom stereocenters. The maximum atomic E-state index is 10.9. The van der Waals surface area contributed by atoms with Gasteiger partial charge in [-0.2, -0.15) is 0 Å². The van der Waals surface area contributed by atoms with Gasteiger partial charge in [-0.25, -0.2) is 4.79 Å². The Morgan fingerprint density at radius 2 is 1.96 bits per heavy atom. The van der Waals surface area contributed by atoms with Crippen LogP contribution >= 0.6 is 23.2 Å². The van der Waals surface area contributed by atoms with Crippen molar-refractivity contribution in [1.82, 2.24) is 4.57 Å². The van der Waals surface area contributed by atoms with E-state index in [0.717, 1.165) is 33.7 Å². The summed E-state index contributed by atoms with van der Waals surface area (Å²) in [6.45, 7) is 0.369. The van der Waals surface area contributed by atoms with Gasteiger partial charge < -0.3 is 14.8 Å². The van der Waals surface area contributed by atoms with Crippen LogP contribution in [-0.2, 0) is 17.9 Å². The fraction of sp³-hybridized carbons (Fsp3) is 0.105. The summed E-state index contributed by atoms with van der Waals surface area (Å²) in [6, 6.07) is 10.9. The molecule has 1 aromatic heterocycles. The molecular weight excluding hydrogens is 361 g/mol. The number of carboxylic acids is 1. The lowest BCUT2D eigenvalue weighted by Gasteiger charge is -2.10. The van der Waals surface area contributed by atoms with Crippen molar-refractivity contribution in [3.05, 3.63) is 75.4 Å². The Kier molecular flexibility index (Phi) is 5.13. The van der Waals surface area contributed by atoms with Gasteiger partial charge in [-0.15, -0.1) is 0 Å². The summed E-state index contributed by atoms with van der Waals surface area (Å²) in [5, 5.41) is 20.5. The van der Waals surface area contributed by atoms with E-state index in [-0.39, 0.29) is 6.61 Å². The number of rotatable bonds is 5. The third-order valence-corrected chi connectivity index (χ3v) is 4.53. The number of para-hydroxylation sites is 1. The third kappa shape index (κ3) is 3.71. The first-order valence-electron chi connectivity index (χ1n) is 7.56. The first-order chi connectivity index (χ1) is 12.0. The van der Waals surface area contributed by atoms with E-state index in [1.807, 2.05) is 35.0 Å². The number of aliphatic hydroxyl groups is 1. The topological polar surface area (TPSA) is 62.5 Å². The molecule has 25 heavy (non-hydrogen) atoms. The van der Waals surface area contributed by atoms with Crippen LogP contribution in [0.2, 0.25) is 10.0 Å². The van der Waals surface area contributed by atoms with E-state index in [4.69, 9.17) is 28.3 Å². The van der Waals surface area contributed by atoms with Crippen molar-refractivity contribution in [3.63, 3.8) is 0 Å². The average Bonchev–Trinajstić information content (AvgIpc) is 2.94. The van der Waals surface area contributed by atoms with Gasteiger partial charge in [0.25, 0.3) is 0 Å². The molecule has 0 fully saturated rings. The molecule has 0 amide bonds. The zero-order valence-corrected chi connectivity index (χ0v) is 14.6. The predicted molar refractivity (Wildman–Crippen MR) is 100 cm³/mol. The number of hydrogen-bond donors (Lipinski definition) is 2. The van der Waals surface area contributed by atoms with Crippen molar-refractivity contribution in [1.29, 1.82) is 0 Å². The zero-order chi connectivity index (χ0) is 18.0. The number of carbonyl (C=O) groups is 1. The molecule has 2 aromatic carbocycles. The summed E-state index contributed by atoms with van der Waals surface area (Å²) in [4.78, 5) is 10.9. The molecule has 0 aliphatic rings. The lowest BCUT2D eigenvalue weighted by molar-refractivity contribution is -0.131. The first kappa shape index (κ1) is 17.5. The van der Waals surface area contributed by atoms with Crippen molar-refractivity contribution < 1.29 is 15.0 Å². The normalized spacial score (nSPS) is 11.5. The fourth-order valence-corrected chi connectivity index (χ4v) is 3.31. The largest absolute Gasteiger partial charge is 0.478 e. The van der Waals surface area contributed by atoms with Crippen LogP contribution in [0.15, 0.2) is 48.7 Å². The average molecular weight is 376 g/mol. The zero-order valence-electron chi connectivity index (χ0n) is 13.1. The highest BCUT2D eigenvalue weighted by atomic mass is 35.5. The predicted octanol–water partition coefficient (Wildman–Crippen LogP) is 4.59. The molecule has 6 heteroatoms. The molecule has 0 atom stereocenters. The fourth-order valence-electron chi connectivity index (χ4n) is 2.84. The van der Waals surface area contributed by atoms with Gasteiger partial charge in [-0.05, 0) is 29.3 Å². The molecule has 1 heterocycles. The molecule has 0 saturated carbocycles. The van der Waals surface area contributed by atoms with Crippen LogP contribution in [0.1, 0.15) is 16.7 Å². The Morgan fingerprint density at radius 3 is 2.64 bits per heavy atom. The van der Waals surface area contributed by atoms with Crippen molar-refractivity contribution in [3.8, 4) is 0 Å². The van der Waals surface area contributed by atoms with Gasteiger partial charge in [0, 0.05) is 39.8 Å². The number of hydrogen-bond acceptors (Lipinski definition) is 2. The molecule has 3 rings (SSSR count). The van der Waals surface area contributed by atoms with Gasteiger partial charge >= 0.3 is 5.97 Å². The SMILES string of the molecule is O=C(O)C=Cc1cccc2c(CO)cn(Cc3ccc(Cl)cc3Cl)c12.